The maximum absolute atomic E-state index is 11.9. The first kappa shape index (κ1) is 38.9. The van der Waals surface area contributed by atoms with Crippen LogP contribution in [-0.4, -0.2) is 46.2 Å². The summed E-state index contributed by atoms with van der Waals surface area (Å²) in [6.45, 7) is 24.4. The minimum atomic E-state index is -2.62. The molecule has 2 atom stereocenters. The lowest BCUT2D eigenvalue weighted by Gasteiger charge is -2.42. The summed E-state index contributed by atoms with van der Waals surface area (Å²) in [5.41, 5.74) is 4.11. The van der Waals surface area contributed by atoms with E-state index in [9.17, 15) is 10.2 Å². The zero-order valence-corrected chi connectivity index (χ0v) is 26.5. The lowest BCUT2D eigenvalue weighted by Crippen LogP contribution is -2.36. The molecule has 0 aliphatic carbocycles. The minimum absolute atomic E-state index is 0.0128. The van der Waals surface area contributed by atoms with Crippen molar-refractivity contribution in [1.29, 1.82) is 0 Å². The molecule has 0 aromatic heterocycles. The van der Waals surface area contributed by atoms with E-state index in [1.807, 2.05) is 0 Å². The maximum atomic E-state index is 11.9. The van der Waals surface area contributed by atoms with Crippen LogP contribution in [0.4, 0.5) is 0 Å². The largest absolute Gasteiger partial charge is 0.396 e. The highest BCUT2D eigenvalue weighted by Crippen LogP contribution is 2.48. The third-order valence-corrected chi connectivity index (χ3v) is 6.56. The molecule has 8 nitrogen and oxygen atoms in total. The van der Waals surface area contributed by atoms with Crippen LogP contribution in [0.15, 0.2) is 12.1 Å². The molecule has 0 amide bonds. The average molecular weight is 569 g/mol. The molecular formula is C27H54O8P2. The molecule has 0 fully saturated rings. The molecule has 1 rings (SSSR count). The first-order valence-corrected chi connectivity index (χ1v) is 15.1. The fraction of sp³-hybridized carbons (Fsp3) is 0.778. The van der Waals surface area contributed by atoms with Crippen molar-refractivity contribution in [2.24, 2.45) is 5.41 Å². The Bertz CT molecular complexity index is 728. The van der Waals surface area contributed by atoms with Gasteiger partial charge < -0.3 is 39.6 Å². The molecule has 0 spiro atoms. The van der Waals surface area contributed by atoms with Gasteiger partial charge >= 0.3 is 17.2 Å². The van der Waals surface area contributed by atoms with Crippen LogP contribution in [0.5, 0.6) is 0 Å². The van der Waals surface area contributed by atoms with Crippen molar-refractivity contribution in [1.82, 2.24) is 0 Å². The maximum Gasteiger partial charge on any atom is 0.324 e. The van der Waals surface area contributed by atoms with Crippen LogP contribution in [0, 0.1) is 5.41 Å². The van der Waals surface area contributed by atoms with E-state index in [1.165, 1.54) is 16.7 Å². The molecule has 0 aliphatic rings. The van der Waals surface area contributed by atoms with Gasteiger partial charge in [0, 0.05) is 5.41 Å². The standard InChI is InChI=1S/C27H48O2.2H3O3P/c1-12-14-15-27(13-2,18-28)23(29)22-20(25(6,7)8)16-19(24(3,4)5)17-21(22)26(9,10)11;2*1-4(2)3/h16-17,23,28-29H,12-15,18H2,1-11H3;2*1-3H. The normalized spacial score (nSPS) is 14.9. The molecule has 0 heterocycles. The number of hydrogen-bond donors (Lipinski definition) is 8. The predicted octanol–water partition coefficient (Wildman–Crippen LogP) is 5.57. The highest BCUT2D eigenvalue weighted by atomic mass is 31.2. The number of aliphatic hydroxyl groups excluding tert-OH is 2. The average Bonchev–Trinajstić information content (AvgIpc) is 2.71. The molecule has 37 heavy (non-hydrogen) atoms. The highest BCUT2D eigenvalue weighted by Gasteiger charge is 2.41. The van der Waals surface area contributed by atoms with Crippen molar-refractivity contribution in [2.75, 3.05) is 6.61 Å². The topological polar surface area (TPSA) is 162 Å². The zero-order valence-electron chi connectivity index (χ0n) is 24.7. The molecule has 2 unspecified atom stereocenters. The first-order valence-electron chi connectivity index (χ1n) is 12.7. The van der Waals surface area contributed by atoms with Gasteiger partial charge in [-0.3, -0.25) is 0 Å². The Morgan fingerprint density at radius 1 is 0.703 bits per heavy atom. The molecule has 1 aromatic carbocycles. The van der Waals surface area contributed by atoms with Gasteiger partial charge in [0.2, 0.25) is 0 Å². The van der Waals surface area contributed by atoms with Crippen LogP contribution in [0.3, 0.4) is 0 Å². The van der Waals surface area contributed by atoms with E-state index >= 15 is 0 Å². The summed E-state index contributed by atoms with van der Waals surface area (Å²) in [5.74, 6) is 0. The SMILES string of the molecule is CCCCC(CC)(CO)C(O)c1c(C(C)(C)C)cc(C(C)(C)C)cc1C(C)(C)C.OP(O)O.OP(O)O. The number of rotatable bonds is 7. The summed E-state index contributed by atoms with van der Waals surface area (Å²) in [6.07, 6.45) is 3.00. The Kier molecular flexibility index (Phi) is 17.0. The molecule has 0 radical (unpaired) electrons. The predicted molar refractivity (Wildman–Crippen MR) is 154 cm³/mol. The minimum Gasteiger partial charge on any atom is -0.396 e. The summed E-state index contributed by atoms with van der Waals surface area (Å²) in [7, 11) is -5.24. The molecule has 0 saturated carbocycles. The summed E-state index contributed by atoms with van der Waals surface area (Å²) >= 11 is 0. The number of hydrogen-bond acceptors (Lipinski definition) is 8. The fourth-order valence-corrected chi connectivity index (χ4v) is 4.24. The van der Waals surface area contributed by atoms with Crippen LogP contribution in [0.25, 0.3) is 0 Å². The van der Waals surface area contributed by atoms with Crippen LogP contribution < -0.4 is 0 Å². The summed E-state index contributed by atoms with van der Waals surface area (Å²) < 4.78 is 0. The van der Waals surface area contributed by atoms with Gasteiger partial charge in [-0.15, -0.1) is 0 Å². The Balaban J connectivity index is 0. The zero-order chi connectivity index (χ0) is 30.0. The monoisotopic (exact) mass is 568 g/mol. The van der Waals surface area contributed by atoms with Crippen molar-refractivity contribution in [3.63, 3.8) is 0 Å². The van der Waals surface area contributed by atoms with Crippen LogP contribution in [0.1, 0.15) is 130 Å². The Hall–Kier alpha value is -0.240. The lowest BCUT2D eigenvalue weighted by atomic mass is 9.65. The number of unbranched alkanes of at least 4 members (excludes halogenated alkanes) is 1. The van der Waals surface area contributed by atoms with E-state index in [4.69, 9.17) is 29.4 Å². The van der Waals surface area contributed by atoms with Gasteiger partial charge in [0.05, 0.1) is 12.7 Å². The van der Waals surface area contributed by atoms with Crippen molar-refractivity contribution < 1.29 is 39.6 Å². The van der Waals surface area contributed by atoms with Crippen molar-refractivity contribution in [2.45, 2.75) is 124 Å². The van der Waals surface area contributed by atoms with E-state index in [1.54, 1.807) is 0 Å². The Morgan fingerprint density at radius 2 is 1.05 bits per heavy atom. The van der Waals surface area contributed by atoms with Gasteiger partial charge in [0.15, 0.2) is 0 Å². The van der Waals surface area contributed by atoms with Gasteiger partial charge in [-0.25, -0.2) is 0 Å². The molecule has 1 aromatic rings. The van der Waals surface area contributed by atoms with Gasteiger partial charge in [-0.1, -0.05) is 101 Å². The Labute approximate surface area is 227 Å². The van der Waals surface area contributed by atoms with Gasteiger partial charge in [0.25, 0.3) is 0 Å². The molecule has 10 heteroatoms. The highest BCUT2D eigenvalue weighted by molar-refractivity contribution is 7.38. The van der Waals surface area contributed by atoms with Crippen LogP contribution >= 0.6 is 17.2 Å². The molecular weight excluding hydrogens is 514 g/mol. The van der Waals surface area contributed by atoms with E-state index in [2.05, 4.69) is 88.3 Å². The van der Waals surface area contributed by atoms with Gasteiger partial charge in [-0.2, -0.15) is 0 Å². The summed E-state index contributed by atoms with van der Waals surface area (Å²) in [4.78, 5) is 43.4. The van der Waals surface area contributed by atoms with E-state index < -0.39 is 28.7 Å². The molecule has 220 valence electrons. The second kappa shape index (κ2) is 16.1. The van der Waals surface area contributed by atoms with Crippen LogP contribution in [-0.2, 0) is 16.2 Å². The van der Waals surface area contributed by atoms with Crippen LogP contribution in [0.2, 0.25) is 0 Å². The number of benzene rings is 1. The second-order valence-electron chi connectivity index (χ2n) is 12.7. The van der Waals surface area contributed by atoms with Gasteiger partial charge in [-0.05, 0) is 51.3 Å². The quantitative estimate of drug-likeness (QED) is 0.198. The summed E-state index contributed by atoms with van der Waals surface area (Å²) in [6, 6.07) is 4.62. The van der Waals surface area contributed by atoms with Crippen molar-refractivity contribution in [3.05, 3.63) is 34.4 Å². The smallest absolute Gasteiger partial charge is 0.324 e. The van der Waals surface area contributed by atoms with Gasteiger partial charge in [0.1, 0.15) is 0 Å². The fourth-order valence-electron chi connectivity index (χ4n) is 4.24. The van der Waals surface area contributed by atoms with E-state index in [0.29, 0.717) is 0 Å². The van der Waals surface area contributed by atoms with E-state index in [-0.39, 0.29) is 22.9 Å². The second-order valence-corrected chi connectivity index (χ2v) is 13.7. The third kappa shape index (κ3) is 13.6. The lowest BCUT2D eigenvalue weighted by molar-refractivity contribution is -0.0319. The van der Waals surface area contributed by atoms with E-state index in [0.717, 1.165) is 31.2 Å². The van der Waals surface area contributed by atoms with Crippen molar-refractivity contribution >= 4 is 17.2 Å². The molecule has 0 bridgehead atoms. The number of aliphatic hydroxyl groups is 2. The molecule has 0 aliphatic heterocycles. The van der Waals surface area contributed by atoms with Crippen molar-refractivity contribution in [3.8, 4) is 0 Å². The third-order valence-electron chi connectivity index (χ3n) is 6.56. The first-order chi connectivity index (χ1) is 16.5. The molecule has 0 saturated heterocycles. The Morgan fingerprint density at radius 3 is 1.27 bits per heavy atom. The summed E-state index contributed by atoms with van der Waals surface area (Å²) in [5, 5.41) is 22.3. The molecule has 8 N–H and O–H groups in total.